The number of rotatable bonds is 4. The number of ether oxygens (including phenoxy) is 1. The number of nitrogens with zero attached hydrogens (tertiary/aromatic N) is 4. The van der Waals surface area contributed by atoms with Crippen molar-refractivity contribution < 1.29 is 9.53 Å². The number of carbonyl (C=O) groups is 1. The van der Waals surface area contributed by atoms with Crippen LogP contribution in [0.4, 0.5) is 5.69 Å². The number of benzene rings is 2. The van der Waals surface area contributed by atoms with Crippen LogP contribution in [0.25, 0.3) is 11.0 Å². The molecule has 0 fully saturated rings. The number of fused-ring (bicyclic) bond motifs is 2. The van der Waals surface area contributed by atoms with Gasteiger partial charge in [0.15, 0.2) is 0 Å². The van der Waals surface area contributed by atoms with Crippen LogP contribution in [0.5, 0.6) is 5.75 Å². The number of aromatic nitrogens is 2. The van der Waals surface area contributed by atoms with Crippen LogP contribution in [-0.4, -0.2) is 53.6 Å². The van der Waals surface area contributed by atoms with Gasteiger partial charge in [0, 0.05) is 13.6 Å². The quantitative estimate of drug-likeness (QED) is 0.714. The second-order valence-corrected chi connectivity index (χ2v) is 6.68. The fraction of sp³-hybridized carbons (Fsp3) is 0.286. The number of carbonyl (C=O) groups excluding carboxylic acids is 1. The van der Waals surface area contributed by atoms with Crippen molar-refractivity contribution in [1.29, 1.82) is 0 Å². The lowest BCUT2D eigenvalue weighted by molar-refractivity contribution is 0.0704. The minimum atomic E-state index is -0.154. The van der Waals surface area contributed by atoms with E-state index in [1.807, 2.05) is 42.5 Å². The van der Waals surface area contributed by atoms with Crippen LogP contribution < -0.4 is 9.64 Å². The van der Waals surface area contributed by atoms with Gasteiger partial charge >= 0.3 is 0 Å². The zero-order chi connectivity index (χ0) is 18.8. The summed E-state index contributed by atoms with van der Waals surface area (Å²) >= 11 is 0. The summed E-state index contributed by atoms with van der Waals surface area (Å²) in [4.78, 5) is 25.5. The first kappa shape index (κ1) is 17.3. The highest BCUT2D eigenvalue weighted by atomic mass is 16.5. The molecule has 0 spiro atoms. The van der Waals surface area contributed by atoms with E-state index in [0.717, 1.165) is 35.6 Å². The molecule has 6 heteroatoms. The Balaban J connectivity index is 1.49. The fourth-order valence-corrected chi connectivity index (χ4v) is 3.42. The minimum absolute atomic E-state index is 0.0952. The maximum absolute atomic E-state index is 12.8. The molecule has 6 nitrogen and oxygen atoms in total. The summed E-state index contributed by atoms with van der Waals surface area (Å²) in [7, 11) is 1.78. The van der Waals surface area contributed by atoms with Crippen molar-refractivity contribution in [3.8, 4) is 5.75 Å². The van der Waals surface area contributed by atoms with Gasteiger partial charge in [-0.25, -0.2) is 4.98 Å². The lowest BCUT2D eigenvalue weighted by Gasteiger charge is -2.37. The van der Waals surface area contributed by atoms with E-state index < -0.39 is 0 Å². The van der Waals surface area contributed by atoms with Crippen LogP contribution in [0.1, 0.15) is 17.4 Å². The van der Waals surface area contributed by atoms with E-state index in [2.05, 4.69) is 27.9 Å². The molecule has 4 rings (SSSR count). The smallest absolute Gasteiger partial charge is 0.273 e. The van der Waals surface area contributed by atoms with Crippen molar-refractivity contribution >= 4 is 22.6 Å². The highest BCUT2D eigenvalue weighted by molar-refractivity contribution is 5.93. The predicted octanol–water partition coefficient (Wildman–Crippen LogP) is 2.99. The molecule has 0 saturated heterocycles. The Kier molecular flexibility index (Phi) is 4.62. The van der Waals surface area contributed by atoms with E-state index in [9.17, 15) is 4.79 Å². The van der Waals surface area contributed by atoms with Gasteiger partial charge in [0.1, 0.15) is 17.5 Å². The topological polar surface area (TPSA) is 58.6 Å². The number of likely N-dealkylation sites (N-methyl/N-ethyl adjacent to an activating group) is 2. The SMILES string of the molecule is CCN1CC(CN(C)C(=O)c2cnc3ccccc3n2)Oc2ccccc21. The molecule has 0 saturated carbocycles. The minimum Gasteiger partial charge on any atom is -0.485 e. The second-order valence-electron chi connectivity index (χ2n) is 6.68. The van der Waals surface area contributed by atoms with Crippen molar-refractivity contribution in [2.45, 2.75) is 13.0 Å². The zero-order valence-corrected chi connectivity index (χ0v) is 15.5. The van der Waals surface area contributed by atoms with Crippen molar-refractivity contribution in [3.63, 3.8) is 0 Å². The molecule has 138 valence electrons. The van der Waals surface area contributed by atoms with E-state index >= 15 is 0 Å². The molecule has 1 amide bonds. The monoisotopic (exact) mass is 362 g/mol. The summed E-state index contributed by atoms with van der Waals surface area (Å²) in [6, 6.07) is 15.6. The predicted molar refractivity (Wildman–Crippen MR) is 105 cm³/mol. The van der Waals surface area contributed by atoms with Crippen LogP contribution in [-0.2, 0) is 0 Å². The van der Waals surface area contributed by atoms with Gasteiger partial charge in [0.25, 0.3) is 5.91 Å². The third-order valence-corrected chi connectivity index (χ3v) is 4.80. The Hall–Kier alpha value is -3.15. The number of hydrogen-bond acceptors (Lipinski definition) is 5. The zero-order valence-electron chi connectivity index (χ0n) is 15.5. The standard InChI is InChI=1S/C21H22N4O2/c1-3-25-14-15(27-20-11-7-6-10-19(20)25)13-24(2)21(26)18-12-22-16-8-4-5-9-17(16)23-18/h4-12,15H,3,13-14H2,1-2H3. The van der Waals surface area contributed by atoms with E-state index in [1.165, 1.54) is 6.20 Å². The summed E-state index contributed by atoms with van der Waals surface area (Å²) in [6.45, 7) is 4.25. The largest absolute Gasteiger partial charge is 0.485 e. The van der Waals surface area contributed by atoms with Gasteiger partial charge in [0.2, 0.25) is 0 Å². The molecule has 2 heterocycles. The first-order valence-electron chi connectivity index (χ1n) is 9.13. The summed E-state index contributed by atoms with van der Waals surface area (Å²) in [6.07, 6.45) is 1.44. The number of anilines is 1. The average molecular weight is 362 g/mol. The van der Waals surface area contributed by atoms with Crippen LogP contribution in [0, 0.1) is 0 Å². The Labute approximate surface area is 158 Å². The van der Waals surface area contributed by atoms with E-state index in [-0.39, 0.29) is 12.0 Å². The Morgan fingerprint density at radius 1 is 1.19 bits per heavy atom. The van der Waals surface area contributed by atoms with Crippen LogP contribution in [0.2, 0.25) is 0 Å². The van der Waals surface area contributed by atoms with Crippen molar-refractivity contribution in [3.05, 3.63) is 60.4 Å². The molecule has 1 aromatic heterocycles. The Morgan fingerprint density at radius 2 is 1.93 bits per heavy atom. The summed E-state index contributed by atoms with van der Waals surface area (Å²) in [5.41, 5.74) is 2.95. The van der Waals surface area contributed by atoms with Crippen LogP contribution in [0.3, 0.4) is 0 Å². The molecular formula is C21H22N4O2. The highest BCUT2D eigenvalue weighted by Gasteiger charge is 2.27. The van der Waals surface area contributed by atoms with Gasteiger partial charge in [-0.15, -0.1) is 0 Å². The Morgan fingerprint density at radius 3 is 2.74 bits per heavy atom. The lowest BCUT2D eigenvalue weighted by atomic mass is 10.1. The molecule has 0 aliphatic carbocycles. The normalized spacial score (nSPS) is 15.9. The van der Waals surface area contributed by atoms with E-state index in [1.54, 1.807) is 11.9 Å². The maximum Gasteiger partial charge on any atom is 0.273 e. The molecule has 1 aliphatic heterocycles. The third kappa shape index (κ3) is 3.43. The van der Waals surface area contributed by atoms with Gasteiger partial charge < -0.3 is 14.5 Å². The van der Waals surface area contributed by atoms with Crippen molar-refractivity contribution in [2.75, 3.05) is 31.6 Å². The second kappa shape index (κ2) is 7.23. The fourth-order valence-electron chi connectivity index (χ4n) is 3.42. The van der Waals surface area contributed by atoms with E-state index in [0.29, 0.717) is 12.2 Å². The number of hydrogen-bond donors (Lipinski definition) is 0. The number of amides is 1. The van der Waals surface area contributed by atoms with Crippen molar-refractivity contribution in [1.82, 2.24) is 14.9 Å². The molecular weight excluding hydrogens is 340 g/mol. The molecule has 0 radical (unpaired) electrons. The van der Waals surface area contributed by atoms with Crippen molar-refractivity contribution in [2.24, 2.45) is 0 Å². The maximum atomic E-state index is 12.8. The number of para-hydroxylation sites is 4. The van der Waals surface area contributed by atoms with Crippen LogP contribution >= 0.6 is 0 Å². The van der Waals surface area contributed by atoms with Gasteiger partial charge in [-0.2, -0.15) is 0 Å². The third-order valence-electron chi connectivity index (χ3n) is 4.80. The lowest BCUT2D eigenvalue weighted by Crippen LogP contribution is -2.47. The molecule has 0 N–H and O–H groups in total. The van der Waals surface area contributed by atoms with Gasteiger partial charge in [0.05, 0.1) is 36.0 Å². The molecule has 2 aromatic carbocycles. The summed E-state index contributed by atoms with van der Waals surface area (Å²) in [5.74, 6) is 0.709. The average Bonchev–Trinajstić information content (AvgIpc) is 2.72. The van der Waals surface area contributed by atoms with Gasteiger partial charge in [-0.1, -0.05) is 24.3 Å². The summed E-state index contributed by atoms with van der Waals surface area (Å²) in [5, 5.41) is 0. The summed E-state index contributed by atoms with van der Waals surface area (Å²) < 4.78 is 6.12. The first-order chi connectivity index (χ1) is 13.2. The highest BCUT2D eigenvalue weighted by Crippen LogP contribution is 2.32. The molecule has 3 aromatic rings. The molecule has 1 atom stereocenters. The molecule has 0 bridgehead atoms. The molecule has 27 heavy (non-hydrogen) atoms. The van der Waals surface area contributed by atoms with Crippen LogP contribution in [0.15, 0.2) is 54.7 Å². The Bertz CT molecular complexity index is 975. The molecule has 1 aliphatic rings. The van der Waals surface area contributed by atoms with Gasteiger partial charge in [-0.3, -0.25) is 9.78 Å². The molecule has 1 unspecified atom stereocenters. The first-order valence-corrected chi connectivity index (χ1v) is 9.13. The van der Waals surface area contributed by atoms with E-state index in [4.69, 9.17) is 4.74 Å². The van der Waals surface area contributed by atoms with Gasteiger partial charge in [-0.05, 0) is 31.2 Å².